The average molecular weight is 281 g/mol. The Morgan fingerprint density at radius 1 is 1.42 bits per heavy atom. The van der Waals surface area contributed by atoms with Gasteiger partial charge in [-0.1, -0.05) is 35.5 Å². The van der Waals surface area contributed by atoms with Crippen LogP contribution in [0.1, 0.15) is 24.8 Å². The van der Waals surface area contributed by atoms with Crippen LogP contribution in [0.3, 0.4) is 0 Å². The predicted octanol–water partition coefficient (Wildman–Crippen LogP) is 2.25. The van der Waals surface area contributed by atoms with Gasteiger partial charge in [0.2, 0.25) is 0 Å². The van der Waals surface area contributed by atoms with Gasteiger partial charge in [0.1, 0.15) is 5.84 Å². The molecule has 0 fully saturated rings. The molecule has 0 saturated carbocycles. The van der Waals surface area contributed by atoms with Gasteiger partial charge < -0.3 is 16.3 Å². The molecule has 0 radical (unpaired) electrons. The Morgan fingerprint density at radius 2 is 2.11 bits per heavy atom. The van der Waals surface area contributed by atoms with Crippen molar-refractivity contribution in [1.29, 1.82) is 0 Å². The van der Waals surface area contributed by atoms with E-state index in [1.807, 2.05) is 42.1 Å². The van der Waals surface area contributed by atoms with Crippen LogP contribution in [-0.4, -0.2) is 35.6 Å². The summed E-state index contributed by atoms with van der Waals surface area (Å²) in [5, 5.41) is 15.5. The van der Waals surface area contributed by atoms with Crippen molar-refractivity contribution in [3.05, 3.63) is 35.9 Å². The molecular formula is C14H23N3OS. The minimum absolute atomic E-state index is 0.0945. The molecule has 0 aliphatic rings. The monoisotopic (exact) mass is 281 g/mol. The van der Waals surface area contributed by atoms with Crippen molar-refractivity contribution in [2.75, 3.05) is 18.6 Å². The average Bonchev–Trinajstić information content (AvgIpc) is 2.46. The van der Waals surface area contributed by atoms with Crippen molar-refractivity contribution in [2.24, 2.45) is 10.9 Å². The Bertz CT molecular complexity index is 384. The second kappa shape index (κ2) is 8.82. The van der Waals surface area contributed by atoms with Crippen LogP contribution < -0.4 is 11.1 Å². The normalized spacial score (nSPS) is 15.2. The molecule has 1 rings (SSSR count). The van der Waals surface area contributed by atoms with Crippen LogP contribution in [-0.2, 0) is 0 Å². The van der Waals surface area contributed by atoms with Gasteiger partial charge >= 0.3 is 0 Å². The lowest BCUT2D eigenvalue weighted by molar-refractivity contribution is 0.315. The Morgan fingerprint density at radius 3 is 2.68 bits per heavy atom. The van der Waals surface area contributed by atoms with E-state index in [1.54, 1.807) is 0 Å². The topological polar surface area (TPSA) is 70.6 Å². The third kappa shape index (κ3) is 5.53. The second-order valence-corrected chi connectivity index (χ2v) is 5.56. The number of benzene rings is 1. The number of amidine groups is 1. The van der Waals surface area contributed by atoms with Gasteiger partial charge in [-0.05, 0) is 30.9 Å². The molecule has 0 amide bonds. The standard InChI is InChI=1S/C14H23N3OS/c1-11(8-9-19-2)16-10-13(14(15)17-18)12-6-4-3-5-7-12/h3-7,11,13,16,18H,8-10H2,1-2H3,(H2,15,17). The molecule has 4 N–H and O–H groups in total. The Labute approximate surface area is 119 Å². The van der Waals surface area contributed by atoms with E-state index in [4.69, 9.17) is 10.9 Å². The maximum atomic E-state index is 8.91. The summed E-state index contributed by atoms with van der Waals surface area (Å²) in [5.74, 6) is 1.28. The van der Waals surface area contributed by atoms with Crippen LogP contribution in [0.25, 0.3) is 0 Å². The first-order valence-corrected chi connectivity index (χ1v) is 7.83. The van der Waals surface area contributed by atoms with Gasteiger partial charge in [0.15, 0.2) is 0 Å². The van der Waals surface area contributed by atoms with Crippen molar-refractivity contribution in [3.8, 4) is 0 Å². The molecule has 1 aromatic carbocycles. The van der Waals surface area contributed by atoms with Crippen LogP contribution in [0, 0.1) is 0 Å². The molecule has 106 valence electrons. The summed E-state index contributed by atoms with van der Waals surface area (Å²) in [6.45, 7) is 2.83. The van der Waals surface area contributed by atoms with Crippen LogP contribution in [0.15, 0.2) is 35.5 Å². The van der Waals surface area contributed by atoms with E-state index in [0.717, 1.165) is 17.7 Å². The quantitative estimate of drug-likeness (QED) is 0.296. The highest BCUT2D eigenvalue weighted by molar-refractivity contribution is 7.98. The molecule has 1 aromatic rings. The van der Waals surface area contributed by atoms with Gasteiger partial charge in [-0.3, -0.25) is 0 Å². The summed E-state index contributed by atoms with van der Waals surface area (Å²) in [6.07, 6.45) is 3.22. The number of oxime groups is 1. The minimum atomic E-state index is -0.0945. The maximum absolute atomic E-state index is 8.91. The van der Waals surface area contributed by atoms with Crippen molar-refractivity contribution in [2.45, 2.75) is 25.3 Å². The summed E-state index contributed by atoms with van der Waals surface area (Å²) < 4.78 is 0. The molecule has 0 saturated heterocycles. The third-order valence-corrected chi connectivity index (χ3v) is 3.74. The number of thioether (sulfide) groups is 1. The van der Waals surface area contributed by atoms with Gasteiger partial charge in [-0.2, -0.15) is 11.8 Å². The first kappa shape index (κ1) is 15.9. The zero-order chi connectivity index (χ0) is 14.1. The Kier molecular flexibility index (Phi) is 7.36. The number of hydrogen-bond donors (Lipinski definition) is 3. The molecule has 0 aliphatic carbocycles. The van der Waals surface area contributed by atoms with E-state index >= 15 is 0 Å². The maximum Gasteiger partial charge on any atom is 0.147 e. The summed E-state index contributed by atoms with van der Waals surface area (Å²) in [7, 11) is 0. The zero-order valence-corrected chi connectivity index (χ0v) is 12.4. The lowest BCUT2D eigenvalue weighted by atomic mass is 9.97. The van der Waals surface area contributed by atoms with Gasteiger partial charge in [-0.15, -0.1) is 0 Å². The minimum Gasteiger partial charge on any atom is -0.409 e. The Hall–Kier alpha value is -1.20. The van der Waals surface area contributed by atoms with Crippen molar-refractivity contribution in [3.63, 3.8) is 0 Å². The molecule has 0 spiro atoms. The van der Waals surface area contributed by atoms with Crippen molar-refractivity contribution in [1.82, 2.24) is 5.32 Å². The first-order valence-electron chi connectivity index (χ1n) is 6.43. The van der Waals surface area contributed by atoms with Crippen LogP contribution in [0.4, 0.5) is 0 Å². The fourth-order valence-electron chi connectivity index (χ4n) is 1.86. The third-order valence-electron chi connectivity index (χ3n) is 3.10. The molecule has 2 atom stereocenters. The van der Waals surface area contributed by atoms with Gasteiger partial charge in [0.25, 0.3) is 0 Å². The van der Waals surface area contributed by atoms with E-state index < -0.39 is 0 Å². The van der Waals surface area contributed by atoms with E-state index in [2.05, 4.69) is 23.7 Å². The number of rotatable bonds is 8. The van der Waals surface area contributed by atoms with Gasteiger partial charge in [0.05, 0.1) is 5.92 Å². The SMILES string of the molecule is CSCCC(C)NCC(/C(N)=N/O)c1ccccc1. The molecule has 0 aliphatic heterocycles. The molecule has 2 unspecified atom stereocenters. The molecule has 19 heavy (non-hydrogen) atoms. The molecule has 0 heterocycles. The molecule has 0 bridgehead atoms. The Balaban J connectivity index is 2.62. The number of nitrogens with zero attached hydrogens (tertiary/aromatic N) is 1. The smallest absolute Gasteiger partial charge is 0.147 e. The molecule has 4 nitrogen and oxygen atoms in total. The van der Waals surface area contributed by atoms with Crippen molar-refractivity contribution < 1.29 is 5.21 Å². The van der Waals surface area contributed by atoms with Crippen molar-refractivity contribution >= 4 is 17.6 Å². The fraction of sp³-hybridized carbons (Fsp3) is 0.500. The van der Waals surface area contributed by atoms with E-state index in [9.17, 15) is 0 Å². The van der Waals surface area contributed by atoms with Gasteiger partial charge in [-0.25, -0.2) is 0 Å². The molecular weight excluding hydrogens is 258 g/mol. The van der Waals surface area contributed by atoms with E-state index in [-0.39, 0.29) is 11.8 Å². The highest BCUT2D eigenvalue weighted by Crippen LogP contribution is 2.15. The lowest BCUT2D eigenvalue weighted by Gasteiger charge is -2.20. The van der Waals surface area contributed by atoms with Gasteiger partial charge in [0, 0.05) is 12.6 Å². The number of nitrogens with two attached hydrogens (primary N) is 1. The number of hydrogen-bond acceptors (Lipinski definition) is 4. The summed E-state index contributed by atoms with van der Waals surface area (Å²) in [6, 6.07) is 10.3. The van der Waals surface area contributed by atoms with E-state index in [0.29, 0.717) is 12.6 Å². The predicted molar refractivity (Wildman–Crippen MR) is 83.1 cm³/mol. The first-order chi connectivity index (χ1) is 9.19. The summed E-state index contributed by atoms with van der Waals surface area (Å²) in [5.41, 5.74) is 6.85. The van der Waals surface area contributed by atoms with E-state index in [1.165, 1.54) is 0 Å². The number of nitrogens with one attached hydrogen (secondary N) is 1. The highest BCUT2D eigenvalue weighted by atomic mass is 32.2. The largest absolute Gasteiger partial charge is 0.409 e. The molecule has 5 heteroatoms. The summed E-state index contributed by atoms with van der Waals surface area (Å²) in [4.78, 5) is 0. The molecule has 0 aromatic heterocycles. The zero-order valence-electron chi connectivity index (χ0n) is 11.5. The highest BCUT2D eigenvalue weighted by Gasteiger charge is 2.17. The lowest BCUT2D eigenvalue weighted by Crippen LogP contribution is -2.36. The second-order valence-electron chi connectivity index (χ2n) is 4.58. The fourth-order valence-corrected chi connectivity index (χ4v) is 2.45. The summed E-state index contributed by atoms with van der Waals surface area (Å²) >= 11 is 1.84. The van der Waals surface area contributed by atoms with Crippen LogP contribution >= 0.6 is 11.8 Å². The van der Waals surface area contributed by atoms with Crippen LogP contribution in [0.2, 0.25) is 0 Å². The van der Waals surface area contributed by atoms with Crippen LogP contribution in [0.5, 0.6) is 0 Å².